The summed E-state index contributed by atoms with van der Waals surface area (Å²) in [7, 11) is 0. The number of benzene rings is 1. The SMILES string of the molecule is C=CCNC(=O)[C@@H]1CCCC[C@@H]1C(=O)N1CCc2c([nH]c3ccccc23)C1. The number of nitrogens with zero attached hydrogens (tertiary/aromatic N) is 1. The van der Waals surface area contributed by atoms with Crippen LogP contribution in [0.2, 0.25) is 0 Å². The molecule has 1 saturated carbocycles. The highest BCUT2D eigenvalue weighted by atomic mass is 16.2. The first-order valence-corrected chi connectivity index (χ1v) is 9.95. The Hall–Kier alpha value is -2.56. The summed E-state index contributed by atoms with van der Waals surface area (Å²) in [5, 5.41) is 4.15. The number of hydrogen-bond donors (Lipinski definition) is 2. The summed E-state index contributed by atoms with van der Waals surface area (Å²) in [5.41, 5.74) is 3.61. The van der Waals surface area contributed by atoms with E-state index in [1.54, 1.807) is 6.08 Å². The fraction of sp³-hybridized carbons (Fsp3) is 0.455. The van der Waals surface area contributed by atoms with Gasteiger partial charge in [-0.3, -0.25) is 9.59 Å². The van der Waals surface area contributed by atoms with E-state index in [4.69, 9.17) is 0 Å². The molecule has 1 aromatic heterocycles. The molecule has 5 nitrogen and oxygen atoms in total. The third-order valence-corrected chi connectivity index (χ3v) is 6.03. The Labute approximate surface area is 159 Å². The molecule has 4 rings (SSSR count). The van der Waals surface area contributed by atoms with Crippen molar-refractivity contribution >= 4 is 22.7 Å². The van der Waals surface area contributed by atoms with Crippen LogP contribution in [-0.4, -0.2) is 34.8 Å². The van der Waals surface area contributed by atoms with Gasteiger partial charge in [-0.1, -0.05) is 37.1 Å². The Morgan fingerprint density at radius 2 is 2.00 bits per heavy atom. The van der Waals surface area contributed by atoms with Crippen LogP contribution < -0.4 is 5.32 Å². The van der Waals surface area contributed by atoms with Crippen molar-refractivity contribution < 1.29 is 9.59 Å². The number of carbonyl (C=O) groups is 2. The second-order valence-electron chi connectivity index (χ2n) is 7.67. The predicted molar refractivity (Wildman–Crippen MR) is 106 cm³/mol. The molecule has 0 spiro atoms. The fourth-order valence-electron chi connectivity index (χ4n) is 4.66. The fourth-order valence-corrected chi connectivity index (χ4v) is 4.66. The molecule has 2 amide bonds. The lowest BCUT2D eigenvalue weighted by Crippen LogP contribution is -2.46. The van der Waals surface area contributed by atoms with E-state index < -0.39 is 0 Å². The van der Waals surface area contributed by atoms with Crippen molar-refractivity contribution in [3.8, 4) is 0 Å². The average Bonchev–Trinajstić information content (AvgIpc) is 3.09. The summed E-state index contributed by atoms with van der Waals surface area (Å²) < 4.78 is 0. The van der Waals surface area contributed by atoms with Crippen LogP contribution >= 0.6 is 0 Å². The van der Waals surface area contributed by atoms with E-state index in [0.29, 0.717) is 13.1 Å². The molecule has 27 heavy (non-hydrogen) atoms. The van der Waals surface area contributed by atoms with Gasteiger partial charge in [0.25, 0.3) is 0 Å². The summed E-state index contributed by atoms with van der Waals surface area (Å²) >= 11 is 0. The van der Waals surface area contributed by atoms with Crippen molar-refractivity contribution in [2.45, 2.75) is 38.6 Å². The van der Waals surface area contributed by atoms with Gasteiger partial charge in [0.05, 0.1) is 6.54 Å². The van der Waals surface area contributed by atoms with Gasteiger partial charge in [0, 0.05) is 41.5 Å². The van der Waals surface area contributed by atoms with Crippen LogP contribution in [0.5, 0.6) is 0 Å². The van der Waals surface area contributed by atoms with E-state index in [2.05, 4.69) is 35.1 Å². The van der Waals surface area contributed by atoms with E-state index in [-0.39, 0.29) is 23.7 Å². The summed E-state index contributed by atoms with van der Waals surface area (Å²) in [4.78, 5) is 31.2. The lowest BCUT2D eigenvalue weighted by molar-refractivity contribution is -0.144. The van der Waals surface area contributed by atoms with Crippen molar-refractivity contribution in [2.75, 3.05) is 13.1 Å². The predicted octanol–water partition coefficient (Wildman–Crippen LogP) is 3.16. The second kappa shape index (κ2) is 7.59. The smallest absolute Gasteiger partial charge is 0.226 e. The molecule has 0 bridgehead atoms. The number of amides is 2. The van der Waals surface area contributed by atoms with E-state index in [1.165, 1.54) is 10.9 Å². The van der Waals surface area contributed by atoms with Gasteiger partial charge in [0.15, 0.2) is 0 Å². The summed E-state index contributed by atoms with van der Waals surface area (Å²) in [6, 6.07) is 8.31. The van der Waals surface area contributed by atoms with E-state index in [9.17, 15) is 9.59 Å². The van der Waals surface area contributed by atoms with Gasteiger partial charge in [-0.15, -0.1) is 6.58 Å². The topological polar surface area (TPSA) is 65.2 Å². The molecule has 142 valence electrons. The Bertz CT molecular complexity index is 870. The number of rotatable bonds is 4. The van der Waals surface area contributed by atoms with E-state index in [0.717, 1.165) is 49.9 Å². The van der Waals surface area contributed by atoms with Crippen molar-refractivity contribution in [2.24, 2.45) is 11.8 Å². The maximum absolute atomic E-state index is 13.3. The van der Waals surface area contributed by atoms with E-state index in [1.807, 2.05) is 11.0 Å². The molecule has 1 aliphatic heterocycles. The molecule has 0 saturated heterocycles. The van der Waals surface area contributed by atoms with Crippen LogP contribution in [0.3, 0.4) is 0 Å². The normalized spacial score (nSPS) is 22.3. The molecule has 0 radical (unpaired) electrons. The molecule has 2 heterocycles. The lowest BCUT2D eigenvalue weighted by Gasteiger charge is -2.35. The highest BCUT2D eigenvalue weighted by molar-refractivity contribution is 5.89. The Kier molecular flexibility index (Phi) is 5.01. The standard InChI is InChI=1S/C22H27N3O2/c1-2-12-23-21(26)17-8-3-4-9-18(17)22(27)25-13-11-16-15-7-5-6-10-19(15)24-20(16)14-25/h2,5-7,10,17-18,24H,1,3-4,8-9,11-14H2,(H,23,26)/t17-,18+/m1/s1. The minimum Gasteiger partial charge on any atom is -0.357 e. The third-order valence-electron chi connectivity index (χ3n) is 6.03. The van der Waals surface area contributed by atoms with Crippen LogP contribution in [-0.2, 0) is 22.6 Å². The molecule has 1 aliphatic carbocycles. The van der Waals surface area contributed by atoms with Crippen molar-refractivity contribution in [3.05, 3.63) is 48.2 Å². The monoisotopic (exact) mass is 365 g/mol. The molecular formula is C22H27N3O2. The van der Waals surface area contributed by atoms with Crippen LogP contribution in [0, 0.1) is 11.8 Å². The van der Waals surface area contributed by atoms with Crippen molar-refractivity contribution in [1.29, 1.82) is 0 Å². The number of aromatic amines is 1. The first-order chi connectivity index (χ1) is 13.2. The molecule has 2 atom stereocenters. The Balaban J connectivity index is 1.51. The molecule has 2 N–H and O–H groups in total. The Morgan fingerprint density at radius 3 is 2.81 bits per heavy atom. The molecule has 0 unspecified atom stereocenters. The third kappa shape index (κ3) is 3.38. The Morgan fingerprint density at radius 1 is 1.22 bits per heavy atom. The van der Waals surface area contributed by atoms with Crippen LogP contribution in [0.1, 0.15) is 36.9 Å². The number of aromatic nitrogens is 1. The quantitative estimate of drug-likeness (QED) is 0.818. The molecule has 2 aromatic rings. The van der Waals surface area contributed by atoms with Crippen LogP contribution in [0.25, 0.3) is 10.9 Å². The zero-order valence-electron chi connectivity index (χ0n) is 15.7. The number of fused-ring (bicyclic) bond motifs is 3. The second-order valence-corrected chi connectivity index (χ2v) is 7.67. The molecule has 1 fully saturated rings. The highest BCUT2D eigenvalue weighted by Crippen LogP contribution is 2.34. The largest absolute Gasteiger partial charge is 0.357 e. The maximum atomic E-state index is 13.3. The first-order valence-electron chi connectivity index (χ1n) is 9.95. The van der Waals surface area contributed by atoms with Gasteiger partial charge in [0.1, 0.15) is 0 Å². The van der Waals surface area contributed by atoms with E-state index >= 15 is 0 Å². The van der Waals surface area contributed by atoms with Gasteiger partial charge >= 0.3 is 0 Å². The van der Waals surface area contributed by atoms with Crippen molar-refractivity contribution in [3.63, 3.8) is 0 Å². The summed E-state index contributed by atoms with van der Waals surface area (Å²) in [6.07, 6.45) is 6.19. The minimum atomic E-state index is -0.213. The molecule has 2 aliphatic rings. The number of para-hydroxylation sites is 1. The van der Waals surface area contributed by atoms with Gasteiger partial charge in [0.2, 0.25) is 11.8 Å². The maximum Gasteiger partial charge on any atom is 0.226 e. The molecule has 1 aromatic carbocycles. The summed E-state index contributed by atoms with van der Waals surface area (Å²) in [5.74, 6) is -0.279. The number of nitrogens with one attached hydrogen (secondary N) is 2. The molecule has 5 heteroatoms. The van der Waals surface area contributed by atoms with Crippen molar-refractivity contribution in [1.82, 2.24) is 15.2 Å². The highest BCUT2D eigenvalue weighted by Gasteiger charge is 2.38. The number of carbonyl (C=O) groups excluding carboxylic acids is 2. The minimum absolute atomic E-state index is 0.00346. The molecular weight excluding hydrogens is 338 g/mol. The zero-order chi connectivity index (χ0) is 18.8. The van der Waals surface area contributed by atoms with Gasteiger partial charge in [-0.25, -0.2) is 0 Å². The van der Waals surface area contributed by atoms with Crippen LogP contribution in [0.4, 0.5) is 0 Å². The lowest BCUT2D eigenvalue weighted by atomic mass is 9.77. The zero-order valence-corrected chi connectivity index (χ0v) is 15.7. The van der Waals surface area contributed by atoms with Gasteiger partial charge in [-0.05, 0) is 30.9 Å². The summed E-state index contributed by atoms with van der Waals surface area (Å²) in [6.45, 7) is 5.45. The van der Waals surface area contributed by atoms with Gasteiger partial charge in [-0.2, -0.15) is 0 Å². The number of hydrogen-bond acceptors (Lipinski definition) is 2. The first kappa shape index (κ1) is 17.8. The average molecular weight is 365 g/mol. The number of H-pyrrole nitrogens is 1. The van der Waals surface area contributed by atoms with Crippen LogP contribution in [0.15, 0.2) is 36.9 Å². The van der Waals surface area contributed by atoms with Gasteiger partial charge < -0.3 is 15.2 Å².